The Kier molecular flexibility index (Phi) is 4.88. The van der Waals surface area contributed by atoms with Crippen molar-refractivity contribution in [3.05, 3.63) is 29.1 Å². The third-order valence-electron chi connectivity index (χ3n) is 4.10. The molecule has 0 radical (unpaired) electrons. The number of carbonyl (C=O) groups excluding carboxylic acids is 1. The topological polar surface area (TPSA) is 50.4 Å². The van der Waals surface area contributed by atoms with E-state index in [-0.39, 0.29) is 11.7 Å². The van der Waals surface area contributed by atoms with Gasteiger partial charge in [0.2, 0.25) is 0 Å². The first-order chi connectivity index (χ1) is 10.7. The summed E-state index contributed by atoms with van der Waals surface area (Å²) in [6.07, 6.45) is 6.03. The van der Waals surface area contributed by atoms with Crippen LogP contribution in [0.4, 0.5) is 4.39 Å². The number of halogens is 1. The van der Waals surface area contributed by atoms with Crippen LogP contribution in [0, 0.1) is 5.82 Å². The highest BCUT2D eigenvalue weighted by Gasteiger charge is 2.30. The molecule has 2 aliphatic rings. The Hall–Kier alpha value is -1.27. The lowest BCUT2D eigenvalue weighted by Gasteiger charge is -2.25. The van der Waals surface area contributed by atoms with Crippen LogP contribution in [-0.2, 0) is 0 Å². The lowest BCUT2D eigenvalue weighted by atomic mass is 10.0. The Morgan fingerprint density at radius 2 is 2.23 bits per heavy atom. The molecule has 1 atom stereocenters. The molecule has 1 saturated carbocycles. The summed E-state index contributed by atoms with van der Waals surface area (Å²) < 4.78 is 22.9. The van der Waals surface area contributed by atoms with Gasteiger partial charge in [0.25, 0.3) is 5.91 Å². The molecule has 0 bridgehead atoms. The van der Waals surface area contributed by atoms with Crippen LogP contribution in [0.2, 0.25) is 0 Å². The Morgan fingerprint density at radius 1 is 1.41 bits per heavy atom. The van der Waals surface area contributed by atoms with E-state index in [1.807, 2.05) is 0 Å². The summed E-state index contributed by atoms with van der Waals surface area (Å²) in [5.74, 6) is 0.0925. The van der Waals surface area contributed by atoms with Gasteiger partial charge in [0.1, 0.15) is 17.7 Å². The second-order valence-electron chi connectivity index (χ2n) is 5.87. The van der Waals surface area contributed by atoms with Gasteiger partial charge < -0.3 is 10.1 Å². The Bertz CT molecular complexity index is 557. The Balaban J connectivity index is 1.85. The number of nitrogens with one attached hydrogen (secondary N) is 2. The van der Waals surface area contributed by atoms with Crippen molar-refractivity contribution in [2.45, 2.75) is 37.7 Å². The van der Waals surface area contributed by atoms with Crippen molar-refractivity contribution in [2.75, 3.05) is 19.3 Å². The average Bonchev–Trinajstić information content (AvgIpc) is 3.33. The quantitative estimate of drug-likeness (QED) is 0.818. The molecule has 0 aromatic heterocycles. The van der Waals surface area contributed by atoms with Crippen molar-refractivity contribution >= 4 is 17.9 Å². The van der Waals surface area contributed by atoms with Crippen LogP contribution in [-0.4, -0.2) is 31.4 Å². The molecule has 2 N–H and O–H groups in total. The van der Waals surface area contributed by atoms with Crippen LogP contribution in [0.3, 0.4) is 0 Å². The summed E-state index contributed by atoms with van der Waals surface area (Å²) in [7, 11) is 0. The highest BCUT2D eigenvalue weighted by Crippen LogP contribution is 2.45. The van der Waals surface area contributed by atoms with Crippen molar-refractivity contribution in [1.82, 2.24) is 10.0 Å². The van der Waals surface area contributed by atoms with E-state index in [2.05, 4.69) is 10.0 Å². The SMILES string of the molecule is CSNC(=O)c1cc(C2CC2)c(OC2CCCNC2)cc1F. The summed E-state index contributed by atoms with van der Waals surface area (Å²) >= 11 is 1.17. The molecule has 0 spiro atoms. The Labute approximate surface area is 134 Å². The van der Waals surface area contributed by atoms with Crippen LogP contribution in [0.1, 0.15) is 47.5 Å². The predicted octanol–water partition coefficient (Wildman–Crippen LogP) is 2.84. The van der Waals surface area contributed by atoms with E-state index >= 15 is 0 Å². The fourth-order valence-corrected chi connectivity index (χ4v) is 3.10. The van der Waals surface area contributed by atoms with Crippen molar-refractivity contribution in [3.63, 3.8) is 0 Å². The van der Waals surface area contributed by atoms with E-state index in [4.69, 9.17) is 4.74 Å². The number of hydrogen-bond donors (Lipinski definition) is 2. The number of hydrogen-bond acceptors (Lipinski definition) is 4. The van der Waals surface area contributed by atoms with Gasteiger partial charge in [0.15, 0.2) is 0 Å². The fourth-order valence-electron chi connectivity index (χ4n) is 2.81. The van der Waals surface area contributed by atoms with E-state index in [1.165, 1.54) is 18.0 Å². The van der Waals surface area contributed by atoms with E-state index in [0.29, 0.717) is 11.7 Å². The largest absolute Gasteiger partial charge is 0.489 e. The maximum Gasteiger partial charge on any atom is 0.264 e. The molecule has 22 heavy (non-hydrogen) atoms. The van der Waals surface area contributed by atoms with Crippen LogP contribution in [0.15, 0.2) is 12.1 Å². The van der Waals surface area contributed by atoms with Crippen molar-refractivity contribution in [1.29, 1.82) is 0 Å². The first-order valence-corrected chi connectivity index (χ1v) is 8.95. The zero-order valence-corrected chi connectivity index (χ0v) is 13.5. The minimum atomic E-state index is -0.519. The number of piperidine rings is 1. The van der Waals surface area contributed by atoms with Crippen LogP contribution in [0.25, 0.3) is 0 Å². The molecule has 1 aromatic rings. The zero-order valence-electron chi connectivity index (χ0n) is 12.7. The van der Waals surface area contributed by atoms with Crippen LogP contribution < -0.4 is 14.8 Å². The van der Waals surface area contributed by atoms with Gasteiger partial charge in [-0.25, -0.2) is 4.39 Å². The van der Waals surface area contributed by atoms with Gasteiger partial charge in [0, 0.05) is 18.9 Å². The van der Waals surface area contributed by atoms with Gasteiger partial charge in [-0.3, -0.25) is 9.52 Å². The van der Waals surface area contributed by atoms with Crippen molar-refractivity contribution in [3.8, 4) is 5.75 Å². The molecule has 1 aromatic carbocycles. The van der Waals surface area contributed by atoms with Gasteiger partial charge in [0.05, 0.1) is 5.56 Å². The first-order valence-electron chi connectivity index (χ1n) is 7.73. The lowest BCUT2D eigenvalue weighted by molar-refractivity contribution is 0.0980. The van der Waals surface area contributed by atoms with E-state index in [9.17, 15) is 9.18 Å². The number of amides is 1. The minimum Gasteiger partial charge on any atom is -0.489 e. The van der Waals surface area contributed by atoms with Gasteiger partial charge in [-0.1, -0.05) is 11.9 Å². The highest BCUT2D eigenvalue weighted by molar-refractivity contribution is 7.97. The molecule has 6 heteroatoms. The first kappa shape index (κ1) is 15.6. The van der Waals surface area contributed by atoms with Crippen LogP contribution in [0.5, 0.6) is 5.75 Å². The second-order valence-corrected chi connectivity index (χ2v) is 6.48. The third kappa shape index (κ3) is 3.55. The molecule has 1 saturated heterocycles. The summed E-state index contributed by atoms with van der Waals surface area (Å²) in [6, 6.07) is 3.06. The number of benzene rings is 1. The third-order valence-corrected chi connectivity index (χ3v) is 4.49. The lowest BCUT2D eigenvalue weighted by Crippen LogP contribution is -2.37. The smallest absolute Gasteiger partial charge is 0.264 e. The van der Waals surface area contributed by atoms with Gasteiger partial charge in [-0.2, -0.15) is 0 Å². The molecule has 4 nitrogen and oxygen atoms in total. The summed E-state index contributed by atoms with van der Waals surface area (Å²) in [6.45, 7) is 1.80. The molecule has 1 unspecified atom stereocenters. The predicted molar refractivity (Wildman–Crippen MR) is 85.9 cm³/mol. The maximum atomic E-state index is 14.3. The van der Waals surface area contributed by atoms with Crippen LogP contribution >= 0.6 is 11.9 Å². The molecule has 1 aliphatic carbocycles. The van der Waals surface area contributed by atoms with Crippen molar-refractivity contribution in [2.24, 2.45) is 0 Å². The average molecular weight is 324 g/mol. The summed E-state index contributed by atoms with van der Waals surface area (Å²) in [5, 5.41) is 3.29. The normalized spacial score (nSPS) is 21.5. The molecular weight excluding hydrogens is 303 g/mol. The second kappa shape index (κ2) is 6.87. The molecule has 1 aliphatic heterocycles. The number of rotatable bonds is 5. The standard InChI is InChI=1S/C16H21FN2O2S/c1-22-19-16(20)13-7-12(10-4-5-10)15(8-14(13)17)21-11-3-2-6-18-9-11/h7-8,10-11,18H,2-6,9H2,1H3,(H,19,20). The zero-order chi connectivity index (χ0) is 15.5. The van der Waals surface area contributed by atoms with E-state index in [1.54, 1.807) is 12.3 Å². The fraction of sp³-hybridized carbons (Fsp3) is 0.562. The monoisotopic (exact) mass is 324 g/mol. The molecular formula is C16H21FN2O2S. The summed E-state index contributed by atoms with van der Waals surface area (Å²) in [4.78, 5) is 11.9. The van der Waals surface area contributed by atoms with E-state index < -0.39 is 11.7 Å². The van der Waals surface area contributed by atoms with Gasteiger partial charge in [-0.05, 0) is 49.8 Å². The maximum absolute atomic E-state index is 14.3. The van der Waals surface area contributed by atoms with Crippen molar-refractivity contribution < 1.29 is 13.9 Å². The van der Waals surface area contributed by atoms with Gasteiger partial charge >= 0.3 is 0 Å². The van der Waals surface area contributed by atoms with E-state index in [0.717, 1.165) is 44.3 Å². The Morgan fingerprint density at radius 3 is 2.86 bits per heavy atom. The summed E-state index contributed by atoms with van der Waals surface area (Å²) in [5.41, 5.74) is 1.07. The number of carbonyl (C=O) groups is 1. The molecule has 1 amide bonds. The molecule has 3 rings (SSSR count). The molecule has 2 fully saturated rings. The number of ether oxygens (including phenoxy) is 1. The molecule has 1 heterocycles. The van der Waals surface area contributed by atoms with Gasteiger partial charge in [-0.15, -0.1) is 0 Å². The molecule has 120 valence electrons. The highest BCUT2D eigenvalue weighted by atomic mass is 32.2. The minimum absolute atomic E-state index is 0.0801.